The van der Waals surface area contributed by atoms with Gasteiger partial charge in [0, 0.05) is 17.8 Å². The Morgan fingerprint density at radius 1 is 1.26 bits per heavy atom. The standard InChI is InChI=1S/C19H20N6OS/c1-19(2)10-13-14(11-26-19)27-17-15(13)16(21-18-22-23-24-25(17)18)20-9-8-12-6-4-3-5-7-12/h3-7H,8-11H2,1-2H3,(H,20,21,22,24). The third-order valence-corrected chi connectivity index (χ3v) is 6.09. The van der Waals surface area contributed by atoms with Crippen LogP contribution in [0.15, 0.2) is 30.3 Å². The van der Waals surface area contributed by atoms with E-state index in [1.165, 1.54) is 16.0 Å². The lowest BCUT2D eigenvalue weighted by Gasteiger charge is -2.30. The van der Waals surface area contributed by atoms with Gasteiger partial charge in [0.2, 0.25) is 0 Å². The Labute approximate surface area is 160 Å². The van der Waals surface area contributed by atoms with Gasteiger partial charge in [-0.05, 0) is 41.8 Å². The topological polar surface area (TPSA) is 77.2 Å². The summed E-state index contributed by atoms with van der Waals surface area (Å²) in [5.74, 6) is 1.38. The fourth-order valence-electron chi connectivity index (χ4n) is 3.57. The van der Waals surface area contributed by atoms with Crippen LogP contribution in [-0.4, -0.2) is 37.2 Å². The Morgan fingerprint density at radius 2 is 2.11 bits per heavy atom. The van der Waals surface area contributed by atoms with E-state index in [1.807, 2.05) is 6.07 Å². The molecule has 0 spiro atoms. The zero-order valence-corrected chi connectivity index (χ0v) is 16.1. The number of hydrogen-bond donors (Lipinski definition) is 1. The fourth-order valence-corrected chi connectivity index (χ4v) is 4.74. The summed E-state index contributed by atoms with van der Waals surface area (Å²) in [7, 11) is 0. The summed E-state index contributed by atoms with van der Waals surface area (Å²) in [5.41, 5.74) is 2.42. The average Bonchev–Trinajstić information content (AvgIpc) is 3.26. The number of nitrogens with zero attached hydrogens (tertiary/aromatic N) is 5. The molecule has 0 atom stereocenters. The summed E-state index contributed by atoms with van der Waals surface area (Å²) >= 11 is 1.69. The third kappa shape index (κ3) is 2.94. The quantitative estimate of drug-likeness (QED) is 0.586. The minimum absolute atomic E-state index is 0.183. The van der Waals surface area contributed by atoms with Crippen molar-refractivity contribution in [3.05, 3.63) is 46.3 Å². The zero-order chi connectivity index (χ0) is 18.4. The van der Waals surface area contributed by atoms with Gasteiger partial charge in [-0.15, -0.1) is 11.3 Å². The normalized spacial score (nSPS) is 15.9. The molecule has 7 nitrogen and oxygen atoms in total. The van der Waals surface area contributed by atoms with Crippen LogP contribution in [0.3, 0.4) is 0 Å². The largest absolute Gasteiger partial charge is 0.370 e. The highest BCUT2D eigenvalue weighted by molar-refractivity contribution is 7.19. The second-order valence-electron chi connectivity index (χ2n) is 7.42. The average molecular weight is 380 g/mol. The molecule has 1 aliphatic rings. The second kappa shape index (κ2) is 6.24. The molecule has 0 amide bonds. The van der Waals surface area contributed by atoms with Crippen molar-refractivity contribution in [1.82, 2.24) is 25.0 Å². The number of anilines is 1. The van der Waals surface area contributed by atoms with Crippen molar-refractivity contribution in [2.75, 3.05) is 11.9 Å². The molecule has 27 heavy (non-hydrogen) atoms. The minimum atomic E-state index is -0.183. The molecule has 0 fully saturated rings. The molecule has 3 aromatic heterocycles. The van der Waals surface area contributed by atoms with Crippen molar-refractivity contribution in [3.8, 4) is 0 Å². The number of nitrogens with one attached hydrogen (secondary N) is 1. The van der Waals surface area contributed by atoms with Crippen LogP contribution in [0.4, 0.5) is 5.82 Å². The summed E-state index contributed by atoms with van der Waals surface area (Å²) in [6, 6.07) is 10.5. The number of hydrogen-bond acceptors (Lipinski definition) is 7. The van der Waals surface area contributed by atoms with Crippen LogP contribution in [0.2, 0.25) is 0 Å². The molecule has 0 saturated carbocycles. The number of ether oxygens (including phenoxy) is 1. The van der Waals surface area contributed by atoms with Crippen molar-refractivity contribution in [2.24, 2.45) is 0 Å². The third-order valence-electron chi connectivity index (χ3n) is 4.91. The Morgan fingerprint density at radius 3 is 2.96 bits per heavy atom. The van der Waals surface area contributed by atoms with E-state index in [4.69, 9.17) is 9.72 Å². The molecule has 4 aromatic rings. The van der Waals surface area contributed by atoms with Gasteiger partial charge in [-0.2, -0.15) is 9.50 Å². The number of tetrazole rings is 1. The summed E-state index contributed by atoms with van der Waals surface area (Å²) in [5, 5.41) is 16.6. The molecule has 4 heterocycles. The Hall–Kier alpha value is -2.58. The lowest BCUT2D eigenvalue weighted by Crippen LogP contribution is -2.31. The van der Waals surface area contributed by atoms with Gasteiger partial charge < -0.3 is 10.1 Å². The van der Waals surface area contributed by atoms with Gasteiger partial charge in [-0.25, -0.2) is 0 Å². The highest BCUT2D eigenvalue weighted by Gasteiger charge is 2.31. The van der Waals surface area contributed by atoms with Crippen LogP contribution in [0.1, 0.15) is 29.9 Å². The van der Waals surface area contributed by atoms with Gasteiger partial charge in [0.25, 0.3) is 5.78 Å². The van der Waals surface area contributed by atoms with Crippen molar-refractivity contribution >= 4 is 33.1 Å². The Bertz CT molecular complexity index is 1120. The van der Waals surface area contributed by atoms with Crippen LogP contribution >= 0.6 is 11.3 Å². The van der Waals surface area contributed by atoms with Crippen LogP contribution in [0.5, 0.6) is 0 Å². The molecule has 8 heteroatoms. The molecule has 5 rings (SSSR count). The predicted molar refractivity (Wildman–Crippen MR) is 105 cm³/mol. The molecule has 0 saturated heterocycles. The van der Waals surface area contributed by atoms with Crippen LogP contribution < -0.4 is 5.32 Å². The van der Waals surface area contributed by atoms with Crippen LogP contribution in [-0.2, 0) is 24.2 Å². The van der Waals surface area contributed by atoms with E-state index in [9.17, 15) is 0 Å². The number of benzene rings is 1. The monoisotopic (exact) mass is 380 g/mol. The van der Waals surface area contributed by atoms with E-state index in [0.29, 0.717) is 12.4 Å². The van der Waals surface area contributed by atoms with Gasteiger partial charge >= 0.3 is 0 Å². The minimum Gasteiger partial charge on any atom is -0.370 e. The molecule has 1 N–H and O–H groups in total. The van der Waals surface area contributed by atoms with Gasteiger partial charge in [0.15, 0.2) is 0 Å². The van der Waals surface area contributed by atoms with Crippen molar-refractivity contribution in [3.63, 3.8) is 0 Å². The summed E-state index contributed by atoms with van der Waals surface area (Å²) in [6.45, 7) is 5.68. The summed E-state index contributed by atoms with van der Waals surface area (Å²) in [4.78, 5) is 6.97. The van der Waals surface area contributed by atoms with Crippen LogP contribution in [0.25, 0.3) is 16.0 Å². The molecule has 1 aliphatic heterocycles. The maximum atomic E-state index is 6.00. The second-order valence-corrected chi connectivity index (χ2v) is 8.51. The van der Waals surface area contributed by atoms with E-state index in [1.54, 1.807) is 15.9 Å². The Kier molecular flexibility index (Phi) is 3.84. The van der Waals surface area contributed by atoms with Crippen molar-refractivity contribution in [2.45, 2.75) is 38.9 Å². The van der Waals surface area contributed by atoms with E-state index in [2.05, 4.69) is 59.0 Å². The predicted octanol–water partition coefficient (Wildman–Crippen LogP) is 3.24. The molecule has 0 radical (unpaired) electrons. The lowest BCUT2D eigenvalue weighted by molar-refractivity contribution is -0.0379. The molecular formula is C19H20N6OS. The highest BCUT2D eigenvalue weighted by Crippen LogP contribution is 2.41. The maximum Gasteiger partial charge on any atom is 0.276 e. The summed E-state index contributed by atoms with van der Waals surface area (Å²) in [6.07, 6.45) is 1.78. The SMILES string of the molecule is CC1(C)Cc2c(sc3c2c(NCCc2ccccc2)nc2nnnn23)CO1. The molecule has 0 bridgehead atoms. The number of rotatable bonds is 4. The zero-order valence-electron chi connectivity index (χ0n) is 15.3. The Balaban J connectivity index is 1.56. The smallest absolute Gasteiger partial charge is 0.276 e. The van der Waals surface area contributed by atoms with E-state index >= 15 is 0 Å². The van der Waals surface area contributed by atoms with Crippen LogP contribution in [0, 0.1) is 0 Å². The first-order valence-electron chi connectivity index (χ1n) is 9.05. The fraction of sp³-hybridized carbons (Fsp3) is 0.368. The summed E-state index contributed by atoms with van der Waals surface area (Å²) < 4.78 is 7.73. The van der Waals surface area contributed by atoms with E-state index < -0.39 is 0 Å². The van der Waals surface area contributed by atoms with Crippen molar-refractivity contribution in [1.29, 1.82) is 0 Å². The van der Waals surface area contributed by atoms with E-state index in [-0.39, 0.29) is 5.60 Å². The molecule has 1 aromatic carbocycles. The molecular weight excluding hydrogens is 360 g/mol. The maximum absolute atomic E-state index is 6.00. The first-order chi connectivity index (χ1) is 13.1. The number of thiophene rings is 1. The van der Waals surface area contributed by atoms with Gasteiger partial charge in [0.1, 0.15) is 10.6 Å². The van der Waals surface area contributed by atoms with Gasteiger partial charge in [-0.3, -0.25) is 0 Å². The lowest BCUT2D eigenvalue weighted by atomic mass is 9.94. The molecule has 0 aliphatic carbocycles. The van der Waals surface area contributed by atoms with Gasteiger partial charge in [0.05, 0.1) is 17.6 Å². The molecule has 138 valence electrons. The van der Waals surface area contributed by atoms with Crippen molar-refractivity contribution < 1.29 is 4.74 Å². The van der Waals surface area contributed by atoms with E-state index in [0.717, 1.165) is 35.4 Å². The number of fused-ring (bicyclic) bond motifs is 5. The van der Waals surface area contributed by atoms with Gasteiger partial charge in [-0.1, -0.05) is 35.4 Å². The first-order valence-corrected chi connectivity index (χ1v) is 9.86. The number of aromatic nitrogens is 5. The highest BCUT2D eigenvalue weighted by atomic mass is 32.1. The molecule has 0 unspecified atom stereocenters. The first kappa shape index (κ1) is 16.6.